The van der Waals surface area contributed by atoms with Crippen molar-refractivity contribution in [3.8, 4) is 0 Å². The van der Waals surface area contributed by atoms with E-state index in [1.54, 1.807) is 0 Å². The van der Waals surface area contributed by atoms with Crippen molar-refractivity contribution in [2.75, 3.05) is 6.61 Å². The molecule has 0 saturated carbocycles. The standard InChI is InChI=1S/C15H16N2O5S/c18-7-8-3-4-10-12(14(20)17(10)13(8)15(21)22)16-11(19)6-9-2-1-5-23-9/h1-2,5,10,12,18H,3-4,6-7H2,(H,16,19)(H,21,22). The van der Waals surface area contributed by atoms with E-state index in [2.05, 4.69) is 5.32 Å². The molecule has 122 valence electrons. The third kappa shape index (κ3) is 2.75. The van der Waals surface area contributed by atoms with Crippen LogP contribution in [0, 0.1) is 0 Å². The largest absolute Gasteiger partial charge is 0.477 e. The van der Waals surface area contributed by atoms with Gasteiger partial charge in [-0.2, -0.15) is 0 Å². The molecule has 2 aliphatic heterocycles. The zero-order valence-corrected chi connectivity index (χ0v) is 13.0. The minimum Gasteiger partial charge on any atom is -0.477 e. The number of carboxylic acid groups (broad SMARTS) is 1. The first kappa shape index (κ1) is 15.7. The van der Waals surface area contributed by atoms with Gasteiger partial charge < -0.3 is 15.5 Å². The predicted octanol–water partition coefficient (Wildman–Crippen LogP) is 0.111. The second kappa shape index (κ2) is 6.13. The number of carbonyl (C=O) groups excluding carboxylic acids is 2. The molecule has 8 heteroatoms. The summed E-state index contributed by atoms with van der Waals surface area (Å²) in [6.07, 6.45) is 1.14. The number of nitrogens with one attached hydrogen (secondary N) is 1. The second-order valence-electron chi connectivity index (χ2n) is 5.53. The van der Waals surface area contributed by atoms with Crippen LogP contribution in [0.2, 0.25) is 0 Å². The molecule has 0 aliphatic carbocycles. The third-order valence-electron chi connectivity index (χ3n) is 4.16. The number of aliphatic hydroxyl groups is 1. The highest BCUT2D eigenvalue weighted by atomic mass is 32.1. The third-order valence-corrected chi connectivity index (χ3v) is 5.04. The number of rotatable bonds is 5. The van der Waals surface area contributed by atoms with Crippen LogP contribution in [0.1, 0.15) is 17.7 Å². The number of hydrogen-bond donors (Lipinski definition) is 3. The van der Waals surface area contributed by atoms with Gasteiger partial charge in [0.15, 0.2) is 0 Å². The van der Waals surface area contributed by atoms with Gasteiger partial charge in [0.1, 0.15) is 11.7 Å². The number of thiophene rings is 1. The van der Waals surface area contributed by atoms with Crippen molar-refractivity contribution in [2.45, 2.75) is 31.3 Å². The monoisotopic (exact) mass is 336 g/mol. The van der Waals surface area contributed by atoms with E-state index in [0.29, 0.717) is 18.4 Å². The number of amides is 2. The van der Waals surface area contributed by atoms with Crippen molar-refractivity contribution < 1.29 is 24.6 Å². The number of fused-ring (bicyclic) bond motifs is 1. The first-order valence-corrected chi connectivity index (χ1v) is 8.12. The summed E-state index contributed by atoms with van der Waals surface area (Å²) in [7, 11) is 0. The average molecular weight is 336 g/mol. The van der Waals surface area contributed by atoms with E-state index in [1.165, 1.54) is 16.2 Å². The molecule has 0 radical (unpaired) electrons. The molecule has 1 aromatic heterocycles. The Morgan fingerprint density at radius 1 is 1.43 bits per heavy atom. The molecule has 3 rings (SSSR count). The zero-order chi connectivity index (χ0) is 16.6. The Hall–Kier alpha value is -2.19. The van der Waals surface area contributed by atoms with Crippen molar-refractivity contribution in [3.05, 3.63) is 33.7 Å². The molecule has 1 fully saturated rings. The van der Waals surface area contributed by atoms with Crippen LogP contribution in [0.4, 0.5) is 0 Å². The lowest BCUT2D eigenvalue weighted by atomic mass is 9.83. The Labute approximate surface area is 136 Å². The van der Waals surface area contributed by atoms with Crippen LogP contribution in [-0.2, 0) is 20.8 Å². The van der Waals surface area contributed by atoms with Crippen LogP contribution in [0.5, 0.6) is 0 Å². The second-order valence-corrected chi connectivity index (χ2v) is 6.56. The molecule has 3 heterocycles. The molecule has 2 atom stereocenters. The molecule has 0 aromatic carbocycles. The summed E-state index contributed by atoms with van der Waals surface area (Å²) >= 11 is 1.47. The number of carboxylic acids is 1. The Kier molecular flexibility index (Phi) is 4.18. The molecule has 2 amide bonds. The van der Waals surface area contributed by atoms with Gasteiger partial charge in [-0.3, -0.25) is 14.5 Å². The molecule has 0 bridgehead atoms. The quantitative estimate of drug-likeness (QED) is 0.662. The van der Waals surface area contributed by atoms with Crippen molar-refractivity contribution in [1.82, 2.24) is 10.2 Å². The topological polar surface area (TPSA) is 107 Å². The van der Waals surface area contributed by atoms with Gasteiger partial charge in [-0.1, -0.05) is 6.07 Å². The maximum absolute atomic E-state index is 12.2. The summed E-state index contributed by atoms with van der Waals surface area (Å²) in [4.78, 5) is 37.7. The summed E-state index contributed by atoms with van der Waals surface area (Å²) in [5.74, 6) is -1.91. The fourth-order valence-corrected chi connectivity index (χ4v) is 3.79. The van der Waals surface area contributed by atoms with Crippen molar-refractivity contribution in [1.29, 1.82) is 0 Å². The van der Waals surface area contributed by atoms with E-state index < -0.39 is 17.9 Å². The van der Waals surface area contributed by atoms with E-state index >= 15 is 0 Å². The highest BCUT2D eigenvalue weighted by Gasteiger charge is 2.53. The van der Waals surface area contributed by atoms with Gasteiger partial charge >= 0.3 is 5.97 Å². The minimum atomic E-state index is -1.23. The van der Waals surface area contributed by atoms with Crippen molar-refractivity contribution >= 4 is 29.1 Å². The fraction of sp³-hybridized carbons (Fsp3) is 0.400. The van der Waals surface area contributed by atoms with Crippen LogP contribution in [0.3, 0.4) is 0 Å². The number of aliphatic hydroxyl groups excluding tert-OH is 1. The molecule has 2 aliphatic rings. The number of carbonyl (C=O) groups is 3. The van der Waals surface area contributed by atoms with Crippen LogP contribution < -0.4 is 5.32 Å². The number of hydrogen-bond acceptors (Lipinski definition) is 5. The molecular weight excluding hydrogens is 320 g/mol. The number of aliphatic carboxylic acids is 1. The molecule has 1 aromatic rings. The number of β-lactam (4-membered cyclic amide) rings is 1. The van der Waals surface area contributed by atoms with Crippen molar-refractivity contribution in [2.24, 2.45) is 0 Å². The SMILES string of the molecule is O=C(Cc1cccs1)NC1C(=O)N2C(C(=O)O)=C(CO)CCC12. The van der Waals surface area contributed by atoms with Gasteiger partial charge in [0.25, 0.3) is 5.91 Å². The zero-order valence-electron chi connectivity index (χ0n) is 12.2. The first-order chi connectivity index (χ1) is 11.0. The minimum absolute atomic E-state index is 0.141. The lowest BCUT2D eigenvalue weighted by Crippen LogP contribution is -2.71. The van der Waals surface area contributed by atoms with Gasteiger partial charge in [-0.15, -0.1) is 11.3 Å². The maximum Gasteiger partial charge on any atom is 0.352 e. The normalized spacial score (nSPS) is 23.3. The lowest BCUT2D eigenvalue weighted by Gasteiger charge is -2.50. The van der Waals surface area contributed by atoms with Gasteiger partial charge in [0, 0.05) is 4.88 Å². The van der Waals surface area contributed by atoms with Gasteiger partial charge in [-0.25, -0.2) is 4.79 Å². The van der Waals surface area contributed by atoms with Crippen LogP contribution in [0.25, 0.3) is 0 Å². The molecule has 2 unspecified atom stereocenters. The molecule has 7 nitrogen and oxygen atoms in total. The Morgan fingerprint density at radius 3 is 2.83 bits per heavy atom. The highest BCUT2D eigenvalue weighted by molar-refractivity contribution is 7.10. The van der Waals surface area contributed by atoms with E-state index in [1.807, 2.05) is 17.5 Å². The van der Waals surface area contributed by atoms with Crippen LogP contribution >= 0.6 is 11.3 Å². The van der Waals surface area contributed by atoms with Crippen LogP contribution in [0.15, 0.2) is 28.8 Å². The van der Waals surface area contributed by atoms with E-state index in [-0.39, 0.29) is 30.7 Å². The Balaban J connectivity index is 1.69. The Morgan fingerprint density at radius 2 is 2.22 bits per heavy atom. The molecule has 0 spiro atoms. The van der Waals surface area contributed by atoms with Gasteiger partial charge in [0.2, 0.25) is 5.91 Å². The van der Waals surface area contributed by atoms with E-state index in [0.717, 1.165) is 4.88 Å². The first-order valence-electron chi connectivity index (χ1n) is 7.24. The Bertz CT molecular complexity index is 682. The molecule has 1 saturated heterocycles. The smallest absolute Gasteiger partial charge is 0.352 e. The molecule has 3 N–H and O–H groups in total. The maximum atomic E-state index is 12.2. The summed E-state index contributed by atoms with van der Waals surface area (Å²) in [6, 6.07) is 2.66. The van der Waals surface area contributed by atoms with Crippen LogP contribution in [-0.4, -0.2) is 51.6 Å². The highest BCUT2D eigenvalue weighted by Crippen LogP contribution is 2.36. The van der Waals surface area contributed by atoms with Gasteiger partial charge in [0.05, 0.1) is 19.1 Å². The molecular formula is C15H16N2O5S. The van der Waals surface area contributed by atoms with Gasteiger partial charge in [-0.05, 0) is 29.9 Å². The van der Waals surface area contributed by atoms with E-state index in [9.17, 15) is 24.6 Å². The summed E-state index contributed by atoms with van der Waals surface area (Å²) in [5.41, 5.74) is 0.211. The molecule has 23 heavy (non-hydrogen) atoms. The summed E-state index contributed by atoms with van der Waals surface area (Å²) in [6.45, 7) is -0.381. The predicted molar refractivity (Wildman–Crippen MR) is 81.6 cm³/mol. The van der Waals surface area contributed by atoms with Crippen molar-refractivity contribution in [3.63, 3.8) is 0 Å². The number of nitrogens with zero attached hydrogens (tertiary/aromatic N) is 1. The fourth-order valence-electron chi connectivity index (χ4n) is 3.09. The van der Waals surface area contributed by atoms with E-state index in [4.69, 9.17) is 0 Å². The summed E-state index contributed by atoms with van der Waals surface area (Å²) in [5, 5.41) is 23.1. The lowest BCUT2D eigenvalue weighted by molar-refractivity contribution is -0.156. The summed E-state index contributed by atoms with van der Waals surface area (Å²) < 4.78 is 0. The average Bonchev–Trinajstić information content (AvgIpc) is 3.03.